The van der Waals surface area contributed by atoms with Crippen molar-refractivity contribution in [3.05, 3.63) is 18.0 Å². The molecule has 0 aromatic carbocycles. The lowest BCUT2D eigenvalue weighted by Gasteiger charge is -2.37. The van der Waals surface area contributed by atoms with Crippen LogP contribution < -0.4 is 0 Å². The van der Waals surface area contributed by atoms with Gasteiger partial charge in [-0.05, 0) is 38.7 Å². The van der Waals surface area contributed by atoms with Gasteiger partial charge in [0.2, 0.25) is 0 Å². The van der Waals surface area contributed by atoms with Gasteiger partial charge in [0.05, 0.1) is 12.0 Å². The second-order valence-corrected chi connectivity index (χ2v) is 6.43. The lowest BCUT2D eigenvalue weighted by Crippen LogP contribution is -2.49. The molecular weight excluding hydrogens is 282 g/mol. The first kappa shape index (κ1) is 15.1. The van der Waals surface area contributed by atoms with Gasteiger partial charge in [-0.25, -0.2) is 0 Å². The molecule has 1 aliphatic carbocycles. The number of amides is 1. The predicted octanol–water partition coefficient (Wildman–Crippen LogP) is 2.32. The molecule has 0 spiro atoms. The van der Waals surface area contributed by atoms with Crippen LogP contribution in [0.5, 0.6) is 0 Å². The number of likely N-dealkylation sites (tertiary alicyclic amines) is 1. The molecule has 1 saturated heterocycles. The Hall–Kier alpha value is -1.85. The Bertz CT molecular complexity index is 563. The van der Waals surface area contributed by atoms with E-state index in [0.717, 1.165) is 19.3 Å². The van der Waals surface area contributed by atoms with Crippen molar-refractivity contribution in [2.45, 2.75) is 57.5 Å². The molecule has 0 unspecified atom stereocenters. The van der Waals surface area contributed by atoms with E-state index in [1.54, 1.807) is 17.2 Å². The Morgan fingerprint density at radius 3 is 2.64 bits per heavy atom. The molecule has 1 aromatic heterocycles. The Balaban J connectivity index is 1.81. The van der Waals surface area contributed by atoms with Gasteiger partial charge in [0.15, 0.2) is 0 Å². The van der Waals surface area contributed by atoms with Crippen molar-refractivity contribution in [3.63, 3.8) is 0 Å². The number of carbonyl (C=O) groups excluding carboxylic acids is 1. The molecule has 1 saturated carbocycles. The molecule has 0 radical (unpaired) electrons. The maximum atomic E-state index is 12.9. The van der Waals surface area contributed by atoms with Crippen LogP contribution in [0.25, 0.3) is 0 Å². The topological polar surface area (TPSA) is 75.4 Å². The summed E-state index contributed by atoms with van der Waals surface area (Å²) in [7, 11) is 0. The van der Waals surface area contributed by atoms with E-state index in [1.165, 1.54) is 12.8 Å². The monoisotopic (exact) mass is 305 g/mol. The first-order valence-electron chi connectivity index (χ1n) is 8.17. The second-order valence-electron chi connectivity index (χ2n) is 6.43. The van der Waals surface area contributed by atoms with Gasteiger partial charge in [-0.2, -0.15) is 5.10 Å². The third kappa shape index (κ3) is 2.62. The summed E-state index contributed by atoms with van der Waals surface area (Å²) < 4.78 is 1.85. The number of piperidine rings is 1. The van der Waals surface area contributed by atoms with Crippen molar-refractivity contribution in [1.82, 2.24) is 14.7 Å². The standard InChI is InChI=1S/C16H23N3O3/c1-11-13(16(21)22)7-4-10-18(11)15(20)14-8-9-17-19(14)12-5-2-3-6-12/h8-9,11-13H,2-7,10H2,1H3,(H,21,22)/t11-,13-/m1/s1. The zero-order chi connectivity index (χ0) is 15.7. The molecular formula is C16H23N3O3. The summed E-state index contributed by atoms with van der Waals surface area (Å²) in [5.41, 5.74) is 0.602. The van der Waals surface area contributed by atoms with Gasteiger partial charge in [0.25, 0.3) is 5.91 Å². The molecule has 120 valence electrons. The number of aliphatic carboxylic acids is 1. The minimum absolute atomic E-state index is 0.0807. The van der Waals surface area contributed by atoms with Crippen molar-refractivity contribution in [1.29, 1.82) is 0 Å². The molecule has 2 aliphatic rings. The SMILES string of the molecule is C[C@@H]1[C@H](C(=O)O)CCCN1C(=O)c1ccnn1C1CCCC1. The highest BCUT2D eigenvalue weighted by atomic mass is 16.4. The fraction of sp³-hybridized carbons (Fsp3) is 0.688. The van der Waals surface area contributed by atoms with Gasteiger partial charge in [0.1, 0.15) is 5.69 Å². The van der Waals surface area contributed by atoms with Gasteiger partial charge in [0, 0.05) is 18.8 Å². The van der Waals surface area contributed by atoms with Gasteiger partial charge >= 0.3 is 5.97 Å². The predicted molar refractivity (Wildman–Crippen MR) is 80.6 cm³/mol. The summed E-state index contributed by atoms with van der Waals surface area (Å²) in [4.78, 5) is 25.9. The van der Waals surface area contributed by atoms with Crippen LogP contribution >= 0.6 is 0 Å². The normalized spacial score (nSPS) is 26.3. The van der Waals surface area contributed by atoms with E-state index in [2.05, 4.69) is 5.10 Å². The van der Waals surface area contributed by atoms with E-state index >= 15 is 0 Å². The highest BCUT2D eigenvalue weighted by Crippen LogP contribution is 2.31. The molecule has 1 N–H and O–H groups in total. The third-order valence-corrected chi connectivity index (χ3v) is 5.13. The number of hydrogen-bond acceptors (Lipinski definition) is 3. The maximum absolute atomic E-state index is 12.9. The van der Waals surface area contributed by atoms with Crippen molar-refractivity contribution < 1.29 is 14.7 Å². The van der Waals surface area contributed by atoms with Crippen LogP contribution in [0.2, 0.25) is 0 Å². The fourth-order valence-corrected chi connectivity index (χ4v) is 3.83. The fourth-order valence-electron chi connectivity index (χ4n) is 3.83. The lowest BCUT2D eigenvalue weighted by molar-refractivity contribution is -0.144. The minimum atomic E-state index is -0.811. The lowest BCUT2D eigenvalue weighted by atomic mass is 9.90. The van der Waals surface area contributed by atoms with Crippen LogP contribution in [0.1, 0.15) is 62.0 Å². The molecule has 6 heteroatoms. The number of carbonyl (C=O) groups is 2. The molecule has 1 amide bonds. The van der Waals surface area contributed by atoms with Crippen LogP contribution in [0.3, 0.4) is 0 Å². The number of hydrogen-bond donors (Lipinski definition) is 1. The van der Waals surface area contributed by atoms with E-state index in [4.69, 9.17) is 0 Å². The van der Waals surface area contributed by atoms with Crippen LogP contribution in [0, 0.1) is 5.92 Å². The van der Waals surface area contributed by atoms with Crippen LogP contribution in [0.4, 0.5) is 0 Å². The second kappa shape index (κ2) is 6.10. The average Bonchev–Trinajstić information content (AvgIpc) is 3.17. The molecule has 22 heavy (non-hydrogen) atoms. The number of carboxylic acid groups (broad SMARTS) is 1. The first-order chi connectivity index (χ1) is 10.6. The Morgan fingerprint density at radius 1 is 1.23 bits per heavy atom. The van der Waals surface area contributed by atoms with Crippen molar-refractivity contribution in [2.75, 3.05) is 6.54 Å². The molecule has 2 heterocycles. The van der Waals surface area contributed by atoms with Gasteiger partial charge in [-0.3, -0.25) is 14.3 Å². The number of nitrogens with zero attached hydrogens (tertiary/aromatic N) is 3. The van der Waals surface area contributed by atoms with Crippen molar-refractivity contribution in [3.8, 4) is 0 Å². The highest BCUT2D eigenvalue weighted by molar-refractivity contribution is 5.93. The summed E-state index contributed by atoms with van der Waals surface area (Å²) in [6.45, 7) is 2.46. The molecule has 1 aromatic rings. The Labute approximate surface area is 130 Å². The largest absolute Gasteiger partial charge is 0.481 e. The van der Waals surface area contributed by atoms with Gasteiger partial charge < -0.3 is 10.0 Å². The highest BCUT2D eigenvalue weighted by Gasteiger charge is 2.37. The van der Waals surface area contributed by atoms with E-state index in [0.29, 0.717) is 24.7 Å². The zero-order valence-corrected chi connectivity index (χ0v) is 12.9. The summed E-state index contributed by atoms with van der Waals surface area (Å²) in [6, 6.07) is 1.80. The molecule has 3 rings (SSSR count). The van der Waals surface area contributed by atoms with E-state index in [-0.39, 0.29) is 11.9 Å². The third-order valence-electron chi connectivity index (χ3n) is 5.13. The Morgan fingerprint density at radius 2 is 1.95 bits per heavy atom. The van der Waals surface area contributed by atoms with Crippen molar-refractivity contribution >= 4 is 11.9 Å². The maximum Gasteiger partial charge on any atom is 0.308 e. The summed E-state index contributed by atoms with van der Waals surface area (Å²) in [5.74, 6) is -1.36. The Kier molecular flexibility index (Phi) is 4.18. The van der Waals surface area contributed by atoms with Crippen LogP contribution in [-0.4, -0.2) is 44.3 Å². The molecule has 2 atom stereocenters. The molecule has 0 bridgehead atoms. The van der Waals surface area contributed by atoms with Gasteiger partial charge in [-0.15, -0.1) is 0 Å². The van der Waals surface area contributed by atoms with E-state index < -0.39 is 11.9 Å². The van der Waals surface area contributed by atoms with Crippen molar-refractivity contribution in [2.24, 2.45) is 5.92 Å². The summed E-state index contributed by atoms with van der Waals surface area (Å²) >= 11 is 0. The number of rotatable bonds is 3. The molecule has 1 aliphatic heterocycles. The molecule has 2 fully saturated rings. The zero-order valence-electron chi connectivity index (χ0n) is 12.9. The number of carboxylic acids is 1. The van der Waals surface area contributed by atoms with E-state index in [1.807, 2.05) is 11.6 Å². The average molecular weight is 305 g/mol. The summed E-state index contributed by atoms with van der Waals surface area (Å²) in [5, 5.41) is 13.7. The van der Waals surface area contributed by atoms with Crippen LogP contribution in [-0.2, 0) is 4.79 Å². The smallest absolute Gasteiger partial charge is 0.308 e. The minimum Gasteiger partial charge on any atom is -0.481 e. The van der Waals surface area contributed by atoms with Gasteiger partial charge in [-0.1, -0.05) is 12.8 Å². The molecule has 6 nitrogen and oxygen atoms in total. The number of aromatic nitrogens is 2. The summed E-state index contributed by atoms with van der Waals surface area (Å²) in [6.07, 6.45) is 7.55. The van der Waals surface area contributed by atoms with Crippen LogP contribution in [0.15, 0.2) is 12.3 Å². The first-order valence-corrected chi connectivity index (χ1v) is 8.17. The quantitative estimate of drug-likeness (QED) is 0.930. The van der Waals surface area contributed by atoms with E-state index in [9.17, 15) is 14.7 Å².